The average molecular weight is 198 g/mol. The van der Waals surface area contributed by atoms with E-state index in [1.54, 1.807) is 0 Å². The van der Waals surface area contributed by atoms with Gasteiger partial charge in [-0.1, -0.05) is 0 Å². The molecule has 0 amide bonds. The van der Waals surface area contributed by atoms with Gasteiger partial charge >= 0.3 is 29.6 Å². The van der Waals surface area contributed by atoms with Gasteiger partial charge in [0, 0.05) is 14.2 Å². The molecule has 13 heavy (non-hydrogen) atoms. The number of aliphatic hydroxyl groups is 1. The van der Waals surface area contributed by atoms with Crippen LogP contribution in [0.25, 0.3) is 0 Å². The maximum absolute atomic E-state index is 10.4. The van der Waals surface area contributed by atoms with Crippen molar-refractivity contribution in [1.29, 1.82) is 0 Å². The zero-order valence-corrected chi connectivity index (χ0v) is 10.2. The SMILES string of the molecule is COC(OC)C(C(=O)[O-])=C(C)O.[Na+]. The molecule has 0 saturated carbocycles. The summed E-state index contributed by atoms with van der Waals surface area (Å²) in [4.78, 5) is 10.4. The number of rotatable bonds is 4. The number of aliphatic carboxylic acids is 1. The van der Waals surface area contributed by atoms with Gasteiger partial charge in [-0.25, -0.2) is 0 Å². The van der Waals surface area contributed by atoms with Crippen molar-refractivity contribution < 1.29 is 54.0 Å². The summed E-state index contributed by atoms with van der Waals surface area (Å²) in [5.41, 5.74) is -0.403. The Morgan fingerprint density at radius 3 is 1.85 bits per heavy atom. The minimum Gasteiger partial charge on any atom is -0.545 e. The van der Waals surface area contributed by atoms with E-state index in [2.05, 4.69) is 9.47 Å². The van der Waals surface area contributed by atoms with Gasteiger partial charge in [-0.2, -0.15) is 0 Å². The third-order valence-electron chi connectivity index (χ3n) is 1.27. The molecule has 0 aliphatic rings. The molecule has 0 spiro atoms. The van der Waals surface area contributed by atoms with Gasteiger partial charge in [-0.05, 0) is 6.92 Å². The van der Waals surface area contributed by atoms with Gasteiger partial charge in [0.15, 0.2) is 6.29 Å². The van der Waals surface area contributed by atoms with Crippen LogP contribution in [0.15, 0.2) is 11.3 Å². The Balaban J connectivity index is 0. The molecule has 0 aromatic heterocycles. The number of methoxy groups -OCH3 is 2. The fraction of sp³-hybridized carbons (Fsp3) is 0.571. The Morgan fingerprint density at radius 2 is 1.77 bits per heavy atom. The van der Waals surface area contributed by atoms with Crippen LogP contribution in [-0.2, 0) is 14.3 Å². The predicted molar refractivity (Wildman–Crippen MR) is 38.1 cm³/mol. The molecule has 0 fully saturated rings. The minimum absolute atomic E-state index is 0. The molecule has 70 valence electrons. The number of carbonyl (C=O) groups excluding carboxylic acids is 1. The third kappa shape index (κ3) is 4.64. The molecule has 0 radical (unpaired) electrons. The van der Waals surface area contributed by atoms with Crippen molar-refractivity contribution in [2.75, 3.05) is 14.2 Å². The molecule has 0 atom stereocenters. The number of carbonyl (C=O) groups is 1. The van der Waals surface area contributed by atoms with Crippen LogP contribution in [0.4, 0.5) is 0 Å². The molecule has 0 heterocycles. The van der Waals surface area contributed by atoms with Gasteiger partial charge in [0.1, 0.15) is 0 Å². The third-order valence-corrected chi connectivity index (χ3v) is 1.27. The maximum atomic E-state index is 10.4. The number of hydrogen-bond acceptors (Lipinski definition) is 5. The molecular weight excluding hydrogens is 187 g/mol. The van der Waals surface area contributed by atoms with Crippen LogP contribution in [0.5, 0.6) is 0 Å². The Kier molecular flexibility index (Phi) is 8.70. The van der Waals surface area contributed by atoms with Crippen LogP contribution < -0.4 is 34.7 Å². The van der Waals surface area contributed by atoms with Gasteiger partial charge in [-0.15, -0.1) is 0 Å². The van der Waals surface area contributed by atoms with E-state index in [-0.39, 0.29) is 35.3 Å². The minimum atomic E-state index is -1.51. The van der Waals surface area contributed by atoms with E-state index >= 15 is 0 Å². The molecule has 0 aliphatic heterocycles. The van der Waals surface area contributed by atoms with Gasteiger partial charge < -0.3 is 24.5 Å². The fourth-order valence-corrected chi connectivity index (χ4v) is 0.746. The van der Waals surface area contributed by atoms with E-state index in [1.807, 2.05) is 0 Å². The number of aliphatic hydroxyl groups excluding tert-OH is 1. The summed E-state index contributed by atoms with van der Waals surface area (Å²) in [6.45, 7) is 1.22. The molecule has 1 N–H and O–H groups in total. The second-order valence-electron chi connectivity index (χ2n) is 2.09. The number of carboxylic acid groups (broad SMARTS) is 1. The predicted octanol–water partition coefficient (Wildman–Crippen LogP) is -3.81. The number of hydrogen-bond donors (Lipinski definition) is 1. The largest absolute Gasteiger partial charge is 1.00 e. The monoisotopic (exact) mass is 198 g/mol. The van der Waals surface area contributed by atoms with Gasteiger partial charge in [0.25, 0.3) is 0 Å². The van der Waals surface area contributed by atoms with E-state index in [0.717, 1.165) is 0 Å². The van der Waals surface area contributed by atoms with Crippen LogP contribution in [0.2, 0.25) is 0 Å². The molecule has 0 unspecified atom stereocenters. The summed E-state index contributed by atoms with van der Waals surface area (Å²) >= 11 is 0. The first kappa shape index (κ1) is 15.4. The molecule has 6 heteroatoms. The Morgan fingerprint density at radius 1 is 1.38 bits per heavy atom. The fourth-order valence-electron chi connectivity index (χ4n) is 0.746. The van der Waals surface area contributed by atoms with Gasteiger partial charge in [0.2, 0.25) is 0 Å². The summed E-state index contributed by atoms with van der Waals surface area (Å²) in [7, 11) is 2.53. The smallest absolute Gasteiger partial charge is 0.545 e. The normalized spacial score (nSPS) is 12.0. The summed E-state index contributed by atoms with van der Waals surface area (Å²) in [6.07, 6.45) is -1.10. The van der Waals surface area contributed by atoms with Crippen molar-refractivity contribution in [2.45, 2.75) is 13.2 Å². The van der Waals surface area contributed by atoms with Crippen LogP contribution in [0, 0.1) is 0 Å². The van der Waals surface area contributed by atoms with E-state index in [0.29, 0.717) is 0 Å². The molecular formula is C7H11NaO5. The second-order valence-corrected chi connectivity index (χ2v) is 2.09. The Bertz CT molecular complexity index is 193. The number of ether oxygens (including phenoxy) is 2. The van der Waals surface area contributed by atoms with E-state index in [9.17, 15) is 9.90 Å². The van der Waals surface area contributed by atoms with Gasteiger partial charge in [0.05, 0.1) is 17.3 Å². The first-order chi connectivity index (χ1) is 5.54. The molecule has 0 aliphatic carbocycles. The molecule has 5 nitrogen and oxygen atoms in total. The number of carboxylic acids is 1. The molecule has 0 rings (SSSR count). The van der Waals surface area contributed by atoms with Crippen molar-refractivity contribution in [3.63, 3.8) is 0 Å². The quantitative estimate of drug-likeness (QED) is 0.217. The number of allylic oxidation sites excluding steroid dienone is 1. The standard InChI is InChI=1S/C7H12O5.Na/c1-4(8)5(6(9)10)7(11-2)12-3;/h7-8H,1-3H3,(H,9,10);/q;+1/p-1. The average Bonchev–Trinajstić information content (AvgIpc) is 1.98. The zero-order valence-electron chi connectivity index (χ0n) is 8.16. The molecule has 0 aromatic carbocycles. The zero-order chi connectivity index (χ0) is 9.72. The van der Waals surface area contributed by atoms with Crippen LogP contribution in [0.1, 0.15) is 6.92 Å². The summed E-state index contributed by atoms with van der Waals surface area (Å²) in [5.74, 6) is -1.90. The van der Waals surface area contributed by atoms with Crippen molar-refractivity contribution in [3.8, 4) is 0 Å². The van der Waals surface area contributed by atoms with E-state index in [1.165, 1.54) is 21.1 Å². The summed E-state index contributed by atoms with van der Waals surface area (Å²) in [5, 5.41) is 19.3. The summed E-state index contributed by atoms with van der Waals surface area (Å²) in [6, 6.07) is 0. The van der Waals surface area contributed by atoms with Crippen molar-refractivity contribution >= 4 is 5.97 Å². The van der Waals surface area contributed by atoms with E-state index < -0.39 is 17.8 Å². The Hall–Kier alpha value is -0.0700. The van der Waals surface area contributed by atoms with E-state index in [4.69, 9.17) is 5.11 Å². The summed E-state index contributed by atoms with van der Waals surface area (Å²) < 4.78 is 9.25. The van der Waals surface area contributed by atoms with Crippen molar-refractivity contribution in [2.24, 2.45) is 0 Å². The Labute approximate surface area is 98.6 Å². The van der Waals surface area contributed by atoms with Crippen LogP contribution in [0.3, 0.4) is 0 Å². The second kappa shape index (κ2) is 7.34. The van der Waals surface area contributed by atoms with Gasteiger partial charge in [-0.3, -0.25) is 0 Å². The van der Waals surface area contributed by atoms with Crippen molar-refractivity contribution in [1.82, 2.24) is 0 Å². The maximum Gasteiger partial charge on any atom is 1.00 e. The topological polar surface area (TPSA) is 78.8 Å². The molecule has 0 saturated heterocycles. The first-order valence-electron chi connectivity index (χ1n) is 3.21. The van der Waals surface area contributed by atoms with Crippen LogP contribution >= 0.6 is 0 Å². The van der Waals surface area contributed by atoms with Crippen molar-refractivity contribution in [3.05, 3.63) is 11.3 Å². The molecule has 0 aromatic rings. The first-order valence-corrected chi connectivity index (χ1v) is 3.21. The molecule has 0 bridgehead atoms. The van der Waals surface area contributed by atoms with Crippen LogP contribution in [-0.4, -0.2) is 31.6 Å².